The Morgan fingerprint density at radius 1 is 1.05 bits per heavy atom. The van der Waals surface area contributed by atoms with Crippen LogP contribution in [0.3, 0.4) is 0 Å². The molecule has 9 N–H and O–H groups in total. The van der Waals surface area contributed by atoms with E-state index in [2.05, 4.69) is 70.0 Å². The van der Waals surface area contributed by atoms with Crippen molar-refractivity contribution in [1.82, 2.24) is 21.3 Å². The highest BCUT2D eigenvalue weighted by atomic mass is 16.5. The Morgan fingerprint density at radius 3 is 2.16 bits per heavy atom. The summed E-state index contributed by atoms with van der Waals surface area (Å²) in [6.45, 7) is 8.56. The first-order valence-corrected chi connectivity index (χ1v) is 12.9. The number of likely N-dealkylation sites (N-methyl/N-ethyl adjacent to an activating group) is 1. The van der Waals surface area contributed by atoms with Crippen molar-refractivity contribution >= 4 is 30.4 Å². The Hall–Kier alpha value is -3.06. The summed E-state index contributed by atoms with van der Waals surface area (Å²) in [4.78, 5) is 41.0. The van der Waals surface area contributed by atoms with Gasteiger partial charge in [-0.05, 0) is 70.2 Å². The Balaban J connectivity index is -0.000000634. The zero-order chi connectivity index (χ0) is 29.6. The fraction of sp³-hybridized carbons (Fsp3) is 0.615. The van der Waals surface area contributed by atoms with Gasteiger partial charge in [-0.15, -0.1) is 0 Å². The molecule has 0 bridgehead atoms. The highest BCUT2D eigenvalue weighted by Gasteiger charge is 2.16. The van der Waals surface area contributed by atoms with Crippen LogP contribution < -0.4 is 38.1 Å². The molecule has 0 saturated heterocycles. The number of primary amides is 1. The van der Waals surface area contributed by atoms with Crippen molar-refractivity contribution in [2.45, 2.75) is 59.0 Å². The Morgan fingerprint density at radius 2 is 1.68 bits per heavy atom. The maximum Gasteiger partial charge on any atom is 0.407 e. The molecule has 12 nitrogen and oxygen atoms in total. The van der Waals surface area contributed by atoms with Crippen molar-refractivity contribution in [2.24, 2.45) is 11.5 Å². The molecule has 1 unspecified atom stereocenters. The smallest absolute Gasteiger partial charge is 0.407 e. The number of hydrogen-bond donors (Lipinski definition) is 7. The summed E-state index contributed by atoms with van der Waals surface area (Å²) in [5, 5.41) is 14.6. The Labute approximate surface area is 228 Å². The molecule has 12 heteroatoms. The van der Waals surface area contributed by atoms with Crippen LogP contribution in [0, 0.1) is 0 Å². The lowest BCUT2D eigenvalue weighted by atomic mass is 10.0. The van der Waals surface area contributed by atoms with Crippen molar-refractivity contribution in [3.8, 4) is 0 Å². The minimum absolute atomic E-state index is 0.0244. The molecular weight excluding hydrogens is 490 g/mol. The molecule has 220 valence electrons. The average Bonchev–Trinajstić information content (AvgIpc) is 2.90. The summed E-state index contributed by atoms with van der Waals surface area (Å²) < 4.78 is 4.46. The van der Waals surface area contributed by atoms with Crippen LogP contribution in [-0.2, 0) is 32.1 Å². The number of rotatable bonds is 14. The van der Waals surface area contributed by atoms with Gasteiger partial charge in [0.2, 0.25) is 12.3 Å². The summed E-state index contributed by atoms with van der Waals surface area (Å²) in [5.74, 6) is 0.0262. The molecule has 0 saturated carbocycles. The standard InChI is InChI=1S/C17H30N4O.C5H10N2O3.C3H8.CH3NO/c1-5-13-8-9-15(11-14(13)12-19-3)21-17(22)16(20-4)7-6-10-18-2;6-1-4-10-5(9)7-2-3-8;1-3-2;2-1-3/h8-9,11,16,18-20H,5-7,10,12H2,1-4H3,(H,21,22);3H,1-2,4,6H2,(H,7,9);3H2,1-2H3;1H,(H2,2,3). The van der Waals surface area contributed by atoms with E-state index in [-0.39, 0.29) is 38.1 Å². The van der Waals surface area contributed by atoms with Crippen molar-refractivity contribution in [3.05, 3.63) is 29.3 Å². The van der Waals surface area contributed by atoms with E-state index in [0.29, 0.717) is 6.29 Å². The first-order chi connectivity index (χ1) is 18.3. The highest BCUT2D eigenvalue weighted by molar-refractivity contribution is 5.94. The van der Waals surface area contributed by atoms with Crippen LogP contribution in [0.1, 0.15) is 51.2 Å². The molecule has 0 aliphatic rings. The van der Waals surface area contributed by atoms with Gasteiger partial charge in [-0.1, -0.05) is 33.3 Å². The van der Waals surface area contributed by atoms with Crippen LogP contribution in [-0.4, -0.2) is 78.1 Å². The van der Waals surface area contributed by atoms with Gasteiger partial charge >= 0.3 is 6.09 Å². The van der Waals surface area contributed by atoms with Crippen LogP contribution >= 0.6 is 0 Å². The van der Waals surface area contributed by atoms with Crippen molar-refractivity contribution < 1.29 is 23.9 Å². The van der Waals surface area contributed by atoms with Crippen LogP contribution in [0.15, 0.2) is 18.2 Å². The number of alkyl carbamates (subject to hydrolysis) is 1. The monoisotopic (exact) mass is 541 g/mol. The van der Waals surface area contributed by atoms with Crippen LogP contribution in [0.25, 0.3) is 0 Å². The summed E-state index contributed by atoms with van der Waals surface area (Å²) in [7, 11) is 5.69. The van der Waals surface area contributed by atoms with Gasteiger partial charge in [-0.3, -0.25) is 9.59 Å². The van der Waals surface area contributed by atoms with Gasteiger partial charge in [0.05, 0.1) is 12.6 Å². The molecule has 0 aliphatic heterocycles. The summed E-state index contributed by atoms with van der Waals surface area (Å²) in [6.07, 6.45) is 4.24. The third-order valence-electron chi connectivity index (χ3n) is 4.49. The number of carbonyl (C=O) groups excluding carboxylic acids is 4. The van der Waals surface area contributed by atoms with Gasteiger partial charge in [0.25, 0.3) is 0 Å². The maximum atomic E-state index is 12.4. The van der Waals surface area contributed by atoms with Crippen LogP contribution in [0.5, 0.6) is 0 Å². The second-order valence-electron chi connectivity index (χ2n) is 7.76. The number of ether oxygens (including phenoxy) is 1. The van der Waals surface area contributed by atoms with E-state index in [9.17, 15) is 14.4 Å². The number of carbonyl (C=O) groups is 4. The second kappa shape index (κ2) is 30.2. The number of aldehydes is 1. The van der Waals surface area contributed by atoms with Gasteiger partial charge < -0.3 is 47.6 Å². The van der Waals surface area contributed by atoms with Gasteiger partial charge in [-0.25, -0.2) is 4.79 Å². The molecular formula is C26H51N7O5. The molecule has 0 heterocycles. The SMILES string of the molecule is CCC.CCc1ccc(NC(=O)C(CCCNC)NC)cc1CNC.NC=O.NCCOC(=O)NCC=O. The lowest BCUT2D eigenvalue weighted by molar-refractivity contribution is -0.118. The number of nitrogens with one attached hydrogen (secondary N) is 5. The molecule has 0 fully saturated rings. The Bertz CT molecular complexity index is 736. The topological polar surface area (TPSA) is 190 Å². The number of anilines is 1. The zero-order valence-corrected chi connectivity index (χ0v) is 24.0. The number of hydrogen-bond acceptors (Lipinski definition) is 9. The molecule has 38 heavy (non-hydrogen) atoms. The first kappa shape index (κ1) is 39.5. The molecule has 0 radical (unpaired) electrons. The molecule has 0 aromatic heterocycles. The largest absolute Gasteiger partial charge is 0.448 e. The number of amides is 3. The minimum atomic E-state index is -0.613. The second-order valence-corrected chi connectivity index (χ2v) is 7.76. The van der Waals surface area contributed by atoms with Crippen molar-refractivity contribution in [1.29, 1.82) is 0 Å². The summed E-state index contributed by atoms with van der Waals surface area (Å²) >= 11 is 0. The predicted molar refractivity (Wildman–Crippen MR) is 154 cm³/mol. The molecule has 0 spiro atoms. The zero-order valence-electron chi connectivity index (χ0n) is 24.0. The number of aryl methyl sites for hydroxylation is 1. The van der Waals surface area contributed by atoms with Gasteiger partial charge in [0.1, 0.15) is 12.9 Å². The van der Waals surface area contributed by atoms with E-state index in [1.807, 2.05) is 27.2 Å². The maximum absolute atomic E-state index is 12.4. The van der Waals surface area contributed by atoms with Crippen molar-refractivity contribution in [2.75, 3.05) is 52.7 Å². The fourth-order valence-corrected chi connectivity index (χ4v) is 2.85. The predicted octanol–water partition coefficient (Wildman–Crippen LogP) is 0.883. The summed E-state index contributed by atoms with van der Waals surface area (Å²) in [6, 6.07) is 5.98. The van der Waals surface area contributed by atoms with E-state index in [0.717, 1.165) is 38.0 Å². The highest BCUT2D eigenvalue weighted by Crippen LogP contribution is 2.17. The normalized spacial score (nSPS) is 10.1. The van der Waals surface area contributed by atoms with Gasteiger partial charge in [0, 0.05) is 18.8 Å². The molecule has 1 rings (SSSR count). The van der Waals surface area contributed by atoms with E-state index >= 15 is 0 Å². The third kappa shape index (κ3) is 23.3. The quantitative estimate of drug-likeness (QED) is 0.132. The van der Waals surface area contributed by atoms with E-state index in [1.165, 1.54) is 17.5 Å². The number of benzene rings is 1. The minimum Gasteiger partial charge on any atom is -0.448 e. The first-order valence-electron chi connectivity index (χ1n) is 12.9. The lowest BCUT2D eigenvalue weighted by Crippen LogP contribution is -2.38. The molecule has 1 aromatic rings. The number of nitrogens with two attached hydrogens (primary N) is 2. The fourth-order valence-electron chi connectivity index (χ4n) is 2.85. The van der Waals surface area contributed by atoms with E-state index in [1.54, 1.807) is 0 Å². The molecule has 0 aliphatic carbocycles. The van der Waals surface area contributed by atoms with Gasteiger partial charge in [0.15, 0.2) is 0 Å². The van der Waals surface area contributed by atoms with Crippen LogP contribution in [0.4, 0.5) is 10.5 Å². The van der Waals surface area contributed by atoms with Crippen LogP contribution in [0.2, 0.25) is 0 Å². The molecule has 1 aromatic carbocycles. The molecule has 3 amide bonds. The summed E-state index contributed by atoms with van der Waals surface area (Å²) in [5.41, 5.74) is 12.6. The van der Waals surface area contributed by atoms with E-state index < -0.39 is 6.09 Å². The Kier molecular flexibility index (Phi) is 31.3. The van der Waals surface area contributed by atoms with Crippen molar-refractivity contribution in [3.63, 3.8) is 0 Å². The lowest BCUT2D eigenvalue weighted by Gasteiger charge is -2.17. The third-order valence-corrected chi connectivity index (χ3v) is 4.49. The average molecular weight is 542 g/mol. The molecule has 1 atom stereocenters. The van der Waals surface area contributed by atoms with Gasteiger partial charge in [-0.2, -0.15) is 0 Å². The van der Waals surface area contributed by atoms with E-state index in [4.69, 9.17) is 10.5 Å².